The first-order valence-electron chi connectivity index (χ1n) is 3.78. The number of carboxylic acids is 1. The second-order valence-corrected chi connectivity index (χ2v) is 2.87. The van der Waals surface area contributed by atoms with Crippen LogP contribution in [0.3, 0.4) is 0 Å². The lowest BCUT2D eigenvalue weighted by Gasteiger charge is -2.04. The Morgan fingerprint density at radius 1 is 1.57 bits per heavy atom. The van der Waals surface area contributed by atoms with Gasteiger partial charge in [0.1, 0.15) is 0 Å². The molecule has 0 amide bonds. The van der Waals surface area contributed by atoms with Crippen LogP contribution in [0.5, 0.6) is 0 Å². The van der Waals surface area contributed by atoms with Gasteiger partial charge in [0.15, 0.2) is 0 Å². The van der Waals surface area contributed by atoms with Crippen molar-refractivity contribution < 1.29 is 23.1 Å². The topological polar surface area (TPSA) is 53.1 Å². The Labute approximate surface area is 77.6 Å². The van der Waals surface area contributed by atoms with Crippen molar-refractivity contribution >= 4 is 5.97 Å². The summed E-state index contributed by atoms with van der Waals surface area (Å²) in [6.07, 6.45) is -4.08. The Bertz CT molecular complexity index is 354. The molecule has 0 bridgehead atoms. The first-order chi connectivity index (χ1) is 6.32. The standard InChI is InChI=1S/C8H8F3NO2/c1-4-5(8(9,10)11)3-12-6(4)2-7(13)14/h3,12H,2H2,1H3,(H,13,14). The normalized spacial score (nSPS) is 11.7. The zero-order valence-electron chi connectivity index (χ0n) is 7.27. The average molecular weight is 207 g/mol. The molecule has 0 unspecified atom stereocenters. The Morgan fingerprint density at radius 2 is 2.14 bits per heavy atom. The highest BCUT2D eigenvalue weighted by molar-refractivity contribution is 5.70. The van der Waals surface area contributed by atoms with Crippen LogP contribution >= 0.6 is 0 Å². The summed E-state index contributed by atoms with van der Waals surface area (Å²) in [6.45, 7) is 1.25. The molecule has 0 aliphatic rings. The van der Waals surface area contributed by atoms with Gasteiger partial charge in [0, 0.05) is 11.9 Å². The fourth-order valence-electron chi connectivity index (χ4n) is 1.17. The third-order valence-corrected chi connectivity index (χ3v) is 1.88. The first-order valence-corrected chi connectivity index (χ1v) is 3.78. The molecule has 0 radical (unpaired) electrons. The van der Waals surface area contributed by atoms with Crippen molar-refractivity contribution in [1.82, 2.24) is 4.98 Å². The molecule has 78 valence electrons. The van der Waals surface area contributed by atoms with Crippen molar-refractivity contribution in [1.29, 1.82) is 0 Å². The molecule has 0 saturated heterocycles. The Kier molecular flexibility index (Phi) is 2.55. The lowest BCUT2D eigenvalue weighted by molar-refractivity contribution is -0.138. The van der Waals surface area contributed by atoms with Gasteiger partial charge < -0.3 is 10.1 Å². The van der Waals surface area contributed by atoms with Crippen molar-refractivity contribution in [2.75, 3.05) is 0 Å². The Balaban J connectivity index is 3.03. The number of aromatic nitrogens is 1. The number of carbonyl (C=O) groups is 1. The smallest absolute Gasteiger partial charge is 0.418 e. The largest absolute Gasteiger partial charge is 0.481 e. The second kappa shape index (κ2) is 3.36. The highest BCUT2D eigenvalue weighted by Gasteiger charge is 2.34. The van der Waals surface area contributed by atoms with Crippen LogP contribution < -0.4 is 0 Å². The molecule has 14 heavy (non-hydrogen) atoms. The van der Waals surface area contributed by atoms with Crippen LogP contribution in [0, 0.1) is 6.92 Å². The van der Waals surface area contributed by atoms with Crippen molar-refractivity contribution in [3.8, 4) is 0 Å². The molecular weight excluding hydrogens is 199 g/mol. The van der Waals surface area contributed by atoms with Gasteiger partial charge in [-0.1, -0.05) is 0 Å². The number of alkyl halides is 3. The van der Waals surface area contributed by atoms with Gasteiger partial charge in [0.25, 0.3) is 0 Å². The van der Waals surface area contributed by atoms with E-state index in [0.29, 0.717) is 0 Å². The maximum Gasteiger partial charge on any atom is 0.418 e. The van der Waals surface area contributed by atoms with Gasteiger partial charge in [0.05, 0.1) is 12.0 Å². The van der Waals surface area contributed by atoms with Crippen LogP contribution in [0.15, 0.2) is 6.20 Å². The molecule has 0 fully saturated rings. The predicted molar refractivity (Wildman–Crippen MR) is 41.9 cm³/mol. The number of halogens is 3. The third-order valence-electron chi connectivity index (χ3n) is 1.88. The minimum Gasteiger partial charge on any atom is -0.481 e. The van der Waals surface area contributed by atoms with Crippen LogP contribution in [0.25, 0.3) is 0 Å². The molecular formula is C8H8F3NO2. The van der Waals surface area contributed by atoms with Gasteiger partial charge in [-0.05, 0) is 12.5 Å². The molecule has 2 N–H and O–H groups in total. The fraction of sp³-hybridized carbons (Fsp3) is 0.375. The number of rotatable bonds is 2. The van der Waals surface area contributed by atoms with E-state index in [1.54, 1.807) is 0 Å². The summed E-state index contributed by atoms with van der Waals surface area (Å²) in [5, 5.41) is 8.40. The third kappa shape index (κ3) is 2.07. The van der Waals surface area contributed by atoms with Gasteiger partial charge in [-0.3, -0.25) is 4.79 Å². The number of hydrogen-bond acceptors (Lipinski definition) is 1. The predicted octanol–water partition coefficient (Wildman–Crippen LogP) is 1.97. The number of nitrogens with one attached hydrogen (secondary N) is 1. The van der Waals surface area contributed by atoms with E-state index in [9.17, 15) is 18.0 Å². The van der Waals surface area contributed by atoms with Crippen LogP contribution in [0.2, 0.25) is 0 Å². The first kappa shape index (κ1) is 10.6. The minimum atomic E-state index is -4.43. The number of aliphatic carboxylic acids is 1. The monoisotopic (exact) mass is 207 g/mol. The van der Waals surface area contributed by atoms with Crippen molar-refractivity contribution in [2.45, 2.75) is 19.5 Å². The summed E-state index contributed by atoms with van der Waals surface area (Å²) in [6, 6.07) is 0. The van der Waals surface area contributed by atoms with Gasteiger partial charge in [-0.2, -0.15) is 13.2 Å². The number of H-pyrrole nitrogens is 1. The Morgan fingerprint density at radius 3 is 2.50 bits per heavy atom. The maximum atomic E-state index is 12.2. The second-order valence-electron chi connectivity index (χ2n) is 2.87. The van der Waals surface area contributed by atoms with E-state index in [1.165, 1.54) is 6.92 Å². The molecule has 3 nitrogen and oxygen atoms in total. The molecule has 0 aliphatic carbocycles. The molecule has 6 heteroatoms. The molecule has 1 rings (SSSR count). The van der Waals surface area contributed by atoms with E-state index >= 15 is 0 Å². The summed E-state index contributed by atoms with van der Waals surface area (Å²) in [4.78, 5) is 12.6. The number of carboxylic acid groups (broad SMARTS) is 1. The summed E-state index contributed by atoms with van der Waals surface area (Å²) >= 11 is 0. The van der Waals surface area contributed by atoms with Crippen LogP contribution in [0.4, 0.5) is 13.2 Å². The van der Waals surface area contributed by atoms with Crippen LogP contribution in [0.1, 0.15) is 16.8 Å². The lowest BCUT2D eigenvalue weighted by Crippen LogP contribution is -2.06. The lowest BCUT2D eigenvalue weighted by atomic mass is 10.1. The summed E-state index contributed by atoms with van der Waals surface area (Å²) in [5.41, 5.74) is -0.779. The molecule has 1 aromatic rings. The molecule has 0 spiro atoms. The minimum absolute atomic E-state index is 0.0556. The van der Waals surface area contributed by atoms with E-state index in [2.05, 4.69) is 4.98 Å². The fourth-order valence-corrected chi connectivity index (χ4v) is 1.17. The molecule has 0 aromatic carbocycles. The number of aromatic amines is 1. The SMILES string of the molecule is Cc1c(C(F)(F)F)c[nH]c1CC(=O)O. The zero-order chi connectivity index (χ0) is 10.9. The molecule has 0 aliphatic heterocycles. The quantitative estimate of drug-likeness (QED) is 0.778. The summed E-state index contributed by atoms with van der Waals surface area (Å²) in [5.74, 6) is -1.16. The van der Waals surface area contributed by atoms with Gasteiger partial charge in [-0.15, -0.1) is 0 Å². The summed E-state index contributed by atoms with van der Waals surface area (Å²) in [7, 11) is 0. The average Bonchev–Trinajstić information content (AvgIpc) is 2.30. The van der Waals surface area contributed by atoms with Crippen LogP contribution in [-0.4, -0.2) is 16.1 Å². The molecule has 1 heterocycles. The van der Waals surface area contributed by atoms with E-state index in [-0.39, 0.29) is 11.3 Å². The van der Waals surface area contributed by atoms with Crippen molar-refractivity contribution in [3.63, 3.8) is 0 Å². The van der Waals surface area contributed by atoms with E-state index < -0.39 is 24.1 Å². The molecule has 0 atom stereocenters. The van der Waals surface area contributed by atoms with Crippen molar-refractivity contribution in [3.05, 3.63) is 23.0 Å². The van der Waals surface area contributed by atoms with Crippen LogP contribution in [-0.2, 0) is 17.4 Å². The highest BCUT2D eigenvalue weighted by atomic mass is 19.4. The zero-order valence-corrected chi connectivity index (χ0v) is 7.27. The maximum absolute atomic E-state index is 12.2. The van der Waals surface area contributed by atoms with E-state index in [1.807, 2.05) is 0 Å². The van der Waals surface area contributed by atoms with Gasteiger partial charge in [0.2, 0.25) is 0 Å². The van der Waals surface area contributed by atoms with Gasteiger partial charge >= 0.3 is 12.1 Å². The summed E-state index contributed by atoms with van der Waals surface area (Å²) < 4.78 is 36.7. The highest BCUT2D eigenvalue weighted by Crippen LogP contribution is 2.32. The molecule has 1 aromatic heterocycles. The van der Waals surface area contributed by atoms with E-state index in [0.717, 1.165) is 6.20 Å². The van der Waals surface area contributed by atoms with E-state index in [4.69, 9.17) is 5.11 Å². The Hall–Kier alpha value is -1.46. The number of hydrogen-bond donors (Lipinski definition) is 2. The molecule has 0 saturated carbocycles. The van der Waals surface area contributed by atoms with Crippen molar-refractivity contribution in [2.24, 2.45) is 0 Å². The van der Waals surface area contributed by atoms with Gasteiger partial charge in [-0.25, -0.2) is 0 Å².